The van der Waals surface area contributed by atoms with Crippen LogP contribution in [0.1, 0.15) is 30.4 Å². The number of rotatable bonds is 3. The molecule has 0 unspecified atom stereocenters. The molecule has 0 spiro atoms. The number of nitrogens with zero attached hydrogens (tertiary/aromatic N) is 5. The van der Waals surface area contributed by atoms with Gasteiger partial charge in [0.05, 0.1) is 12.7 Å². The first-order chi connectivity index (χ1) is 11.7. The third-order valence-electron chi connectivity index (χ3n) is 4.80. The molecule has 0 aliphatic carbocycles. The zero-order valence-corrected chi connectivity index (χ0v) is 14.5. The van der Waals surface area contributed by atoms with Crippen molar-refractivity contribution >= 4 is 23.8 Å². The quantitative estimate of drug-likeness (QED) is 0.872. The lowest BCUT2D eigenvalue weighted by atomic mass is 10.2. The summed E-state index contributed by atoms with van der Waals surface area (Å²) >= 11 is 0. The highest BCUT2D eigenvalue weighted by molar-refractivity contribution is 6.04. The second kappa shape index (κ2) is 5.82. The number of fused-ring (bicyclic) bond motifs is 3. The third kappa shape index (κ3) is 2.40. The number of hydrogen-bond acceptors (Lipinski definition) is 4. The van der Waals surface area contributed by atoms with Gasteiger partial charge in [0, 0.05) is 20.6 Å². The standard InChI is InChI=1S/C19H23N5/c1-4-15-12-24-13-22(2)18-17(19(24)20-15)23(3)16(21-18)11-10-14-8-6-5-7-9-14/h5-11,15H,4,12-13H2,1-3H3/b11-10+/t15-/m0/s1. The van der Waals surface area contributed by atoms with Crippen LogP contribution in [0.4, 0.5) is 5.82 Å². The molecule has 2 aromatic rings. The average Bonchev–Trinajstić information content (AvgIpc) is 3.15. The summed E-state index contributed by atoms with van der Waals surface area (Å²) in [4.78, 5) is 14.4. The normalized spacial score (nSPS) is 19.6. The lowest BCUT2D eigenvalue weighted by molar-refractivity contribution is 0.412. The van der Waals surface area contributed by atoms with E-state index < -0.39 is 0 Å². The Bertz CT molecular complexity index is 803. The number of aliphatic imine (C=N–C) groups is 1. The molecule has 0 radical (unpaired) electrons. The summed E-state index contributed by atoms with van der Waals surface area (Å²) in [6, 6.07) is 10.7. The molecule has 0 saturated heterocycles. The highest BCUT2D eigenvalue weighted by Gasteiger charge is 2.35. The largest absolute Gasteiger partial charge is 0.340 e. The topological polar surface area (TPSA) is 36.7 Å². The molecule has 0 fully saturated rings. The van der Waals surface area contributed by atoms with Crippen molar-refractivity contribution in [1.29, 1.82) is 0 Å². The van der Waals surface area contributed by atoms with Crippen molar-refractivity contribution in [2.24, 2.45) is 12.0 Å². The van der Waals surface area contributed by atoms with Crippen molar-refractivity contribution in [2.45, 2.75) is 19.4 Å². The van der Waals surface area contributed by atoms with Crippen LogP contribution in [-0.2, 0) is 7.05 Å². The molecule has 0 amide bonds. The van der Waals surface area contributed by atoms with Crippen LogP contribution in [0, 0.1) is 0 Å². The van der Waals surface area contributed by atoms with E-state index >= 15 is 0 Å². The third-order valence-corrected chi connectivity index (χ3v) is 4.80. The molecule has 124 valence electrons. The van der Waals surface area contributed by atoms with Gasteiger partial charge in [-0.1, -0.05) is 43.3 Å². The van der Waals surface area contributed by atoms with Crippen LogP contribution >= 0.6 is 0 Å². The van der Waals surface area contributed by atoms with Crippen LogP contribution in [-0.4, -0.2) is 46.6 Å². The summed E-state index contributed by atoms with van der Waals surface area (Å²) in [5.74, 6) is 3.08. The highest BCUT2D eigenvalue weighted by Crippen LogP contribution is 2.30. The van der Waals surface area contributed by atoms with E-state index in [2.05, 4.69) is 59.7 Å². The molecule has 2 aliphatic heterocycles. The maximum Gasteiger partial charge on any atom is 0.160 e. The minimum absolute atomic E-state index is 0.401. The summed E-state index contributed by atoms with van der Waals surface area (Å²) in [6.45, 7) is 4.08. The van der Waals surface area contributed by atoms with Crippen LogP contribution in [0.3, 0.4) is 0 Å². The van der Waals surface area contributed by atoms with E-state index in [1.54, 1.807) is 0 Å². The molecule has 0 bridgehead atoms. The Morgan fingerprint density at radius 1 is 1.17 bits per heavy atom. The van der Waals surface area contributed by atoms with Crippen LogP contribution in [0.5, 0.6) is 0 Å². The minimum Gasteiger partial charge on any atom is -0.340 e. The average molecular weight is 321 g/mol. The maximum absolute atomic E-state index is 4.93. The Kier molecular flexibility index (Phi) is 3.63. The number of amidine groups is 1. The van der Waals surface area contributed by atoms with Crippen LogP contribution in [0.15, 0.2) is 35.3 Å². The van der Waals surface area contributed by atoms with Crippen LogP contribution in [0.2, 0.25) is 0 Å². The van der Waals surface area contributed by atoms with E-state index in [0.29, 0.717) is 6.04 Å². The molecule has 0 N–H and O–H groups in total. The number of hydrogen-bond donors (Lipinski definition) is 0. The molecule has 5 nitrogen and oxygen atoms in total. The first kappa shape index (κ1) is 15.0. The lowest BCUT2D eigenvalue weighted by Gasteiger charge is -2.33. The fourth-order valence-corrected chi connectivity index (χ4v) is 3.42. The molecule has 0 saturated carbocycles. The van der Waals surface area contributed by atoms with Crippen LogP contribution in [0.25, 0.3) is 12.2 Å². The van der Waals surface area contributed by atoms with Gasteiger partial charge >= 0.3 is 0 Å². The summed E-state index contributed by atoms with van der Waals surface area (Å²) in [5.41, 5.74) is 2.31. The zero-order valence-electron chi connectivity index (χ0n) is 14.5. The number of benzene rings is 1. The molecule has 1 aromatic heterocycles. The fourth-order valence-electron chi connectivity index (χ4n) is 3.42. The van der Waals surface area contributed by atoms with Crippen molar-refractivity contribution < 1.29 is 0 Å². The second-order valence-corrected chi connectivity index (χ2v) is 6.52. The Labute approximate surface area is 142 Å². The molecule has 1 atom stereocenters. The molecule has 5 heteroatoms. The number of aromatic nitrogens is 2. The molecule has 3 heterocycles. The molecule has 1 aromatic carbocycles. The van der Waals surface area contributed by atoms with E-state index in [4.69, 9.17) is 9.98 Å². The van der Waals surface area contributed by atoms with Crippen molar-refractivity contribution in [3.63, 3.8) is 0 Å². The van der Waals surface area contributed by atoms with E-state index in [1.165, 1.54) is 5.56 Å². The second-order valence-electron chi connectivity index (χ2n) is 6.52. The van der Waals surface area contributed by atoms with Gasteiger partial charge in [-0.3, -0.25) is 4.99 Å². The van der Waals surface area contributed by atoms with Gasteiger partial charge in [-0.2, -0.15) is 0 Å². The first-order valence-corrected chi connectivity index (χ1v) is 8.51. The predicted molar refractivity (Wildman–Crippen MR) is 99.2 cm³/mol. The van der Waals surface area contributed by atoms with Gasteiger partial charge in [0.15, 0.2) is 11.7 Å². The van der Waals surface area contributed by atoms with Gasteiger partial charge < -0.3 is 14.4 Å². The van der Waals surface area contributed by atoms with Gasteiger partial charge in [-0.25, -0.2) is 4.98 Å². The van der Waals surface area contributed by atoms with Crippen molar-refractivity contribution in [3.05, 3.63) is 47.4 Å². The molecule has 4 rings (SSSR count). The molecular weight excluding hydrogens is 298 g/mol. The Morgan fingerprint density at radius 3 is 2.71 bits per heavy atom. The van der Waals surface area contributed by atoms with E-state index in [-0.39, 0.29) is 0 Å². The summed E-state index contributed by atoms with van der Waals surface area (Å²) < 4.78 is 2.16. The van der Waals surface area contributed by atoms with Gasteiger partial charge in [0.25, 0.3) is 0 Å². The first-order valence-electron chi connectivity index (χ1n) is 8.51. The summed E-state index contributed by atoms with van der Waals surface area (Å²) in [6.07, 6.45) is 5.27. The summed E-state index contributed by atoms with van der Waals surface area (Å²) in [7, 11) is 4.18. The van der Waals surface area contributed by atoms with E-state index in [9.17, 15) is 0 Å². The molecular formula is C19H23N5. The Hall–Kier alpha value is -2.56. The zero-order chi connectivity index (χ0) is 16.7. The van der Waals surface area contributed by atoms with Gasteiger partial charge in [-0.05, 0) is 18.1 Å². The van der Waals surface area contributed by atoms with Gasteiger partial charge in [0.1, 0.15) is 11.5 Å². The highest BCUT2D eigenvalue weighted by atomic mass is 15.4. The van der Waals surface area contributed by atoms with Gasteiger partial charge in [0.2, 0.25) is 0 Å². The van der Waals surface area contributed by atoms with Crippen molar-refractivity contribution in [1.82, 2.24) is 14.5 Å². The van der Waals surface area contributed by atoms with Crippen molar-refractivity contribution in [2.75, 3.05) is 25.2 Å². The lowest BCUT2D eigenvalue weighted by Crippen LogP contribution is -2.44. The van der Waals surface area contributed by atoms with Gasteiger partial charge in [-0.15, -0.1) is 0 Å². The Morgan fingerprint density at radius 2 is 1.96 bits per heavy atom. The molecule has 2 aliphatic rings. The predicted octanol–water partition coefficient (Wildman–Crippen LogP) is 2.84. The van der Waals surface area contributed by atoms with E-state index in [1.807, 2.05) is 18.2 Å². The smallest absolute Gasteiger partial charge is 0.160 e. The Balaban J connectivity index is 1.73. The fraction of sp³-hybridized carbons (Fsp3) is 0.368. The van der Waals surface area contributed by atoms with E-state index in [0.717, 1.165) is 42.8 Å². The minimum atomic E-state index is 0.401. The van der Waals surface area contributed by atoms with Crippen LogP contribution < -0.4 is 4.90 Å². The summed E-state index contributed by atoms with van der Waals surface area (Å²) in [5, 5.41) is 0. The number of anilines is 1. The van der Waals surface area contributed by atoms with Crippen molar-refractivity contribution in [3.8, 4) is 0 Å². The monoisotopic (exact) mass is 321 g/mol. The molecule has 24 heavy (non-hydrogen) atoms. The SMILES string of the molecule is CC[C@H]1CN2CN(C)c3nc(/C=C/c4ccccc4)n(C)c3C2=N1. The maximum atomic E-state index is 4.93. The number of imidazole rings is 1.